The second kappa shape index (κ2) is 8.92. The van der Waals surface area contributed by atoms with Crippen LogP contribution < -0.4 is 10.6 Å². The van der Waals surface area contributed by atoms with Crippen molar-refractivity contribution >= 4 is 41.1 Å². The predicted molar refractivity (Wildman–Crippen MR) is 107 cm³/mol. The van der Waals surface area contributed by atoms with Gasteiger partial charge in [0.1, 0.15) is 5.82 Å². The summed E-state index contributed by atoms with van der Waals surface area (Å²) in [6, 6.07) is 8.01. The summed E-state index contributed by atoms with van der Waals surface area (Å²) in [5, 5.41) is 6.64. The number of aromatic nitrogens is 2. The Bertz CT molecular complexity index is 666. The van der Waals surface area contributed by atoms with E-state index < -0.39 is 0 Å². The molecule has 0 saturated carbocycles. The number of amides is 1. The smallest absolute Gasteiger partial charge is 0.230 e. The van der Waals surface area contributed by atoms with Gasteiger partial charge in [0.05, 0.1) is 22.0 Å². The van der Waals surface area contributed by atoms with E-state index in [1.165, 1.54) is 0 Å². The number of thioether (sulfide) groups is 1. The zero-order valence-corrected chi connectivity index (χ0v) is 16.4. The van der Waals surface area contributed by atoms with Crippen molar-refractivity contribution in [2.24, 2.45) is 5.41 Å². The van der Waals surface area contributed by atoms with Gasteiger partial charge in [-0.2, -0.15) is 0 Å². The zero-order chi connectivity index (χ0) is 17.0. The Morgan fingerprint density at radius 2 is 2.08 bits per heavy atom. The number of H-pyrrole nitrogens is 1. The molecule has 0 radical (unpaired) electrons. The number of nitrogens with zero attached hydrogens (tertiary/aromatic N) is 1. The first-order chi connectivity index (χ1) is 11.6. The van der Waals surface area contributed by atoms with Gasteiger partial charge in [0.15, 0.2) is 0 Å². The highest BCUT2D eigenvalue weighted by Gasteiger charge is 2.27. The maximum Gasteiger partial charge on any atom is 0.230 e. The van der Waals surface area contributed by atoms with Crippen LogP contribution in [0.1, 0.15) is 37.8 Å². The molecule has 1 aliphatic rings. The van der Waals surface area contributed by atoms with Gasteiger partial charge in [0.25, 0.3) is 0 Å². The van der Waals surface area contributed by atoms with Crippen molar-refractivity contribution in [2.45, 2.75) is 31.9 Å². The Morgan fingerprint density at radius 3 is 2.80 bits per heavy atom. The van der Waals surface area contributed by atoms with Gasteiger partial charge in [0.2, 0.25) is 5.91 Å². The van der Waals surface area contributed by atoms with Crippen molar-refractivity contribution in [1.82, 2.24) is 20.6 Å². The van der Waals surface area contributed by atoms with Crippen molar-refractivity contribution in [3.05, 3.63) is 30.1 Å². The van der Waals surface area contributed by atoms with Crippen LogP contribution in [-0.4, -0.2) is 41.3 Å². The largest absolute Gasteiger partial charge is 0.355 e. The Balaban J connectivity index is 0.00000225. The van der Waals surface area contributed by atoms with Gasteiger partial charge < -0.3 is 15.6 Å². The second-order valence-corrected chi connectivity index (χ2v) is 8.26. The summed E-state index contributed by atoms with van der Waals surface area (Å²) in [5.41, 5.74) is 2.25. The van der Waals surface area contributed by atoms with Crippen LogP contribution >= 0.6 is 24.2 Å². The van der Waals surface area contributed by atoms with Gasteiger partial charge in [-0.25, -0.2) is 4.98 Å². The number of carbonyl (C=O) groups is 1. The average molecular weight is 383 g/mol. The third kappa shape index (κ3) is 5.36. The molecule has 3 rings (SSSR count). The van der Waals surface area contributed by atoms with Crippen molar-refractivity contribution in [3.63, 3.8) is 0 Å². The molecule has 5 nitrogen and oxygen atoms in total. The molecule has 1 amide bonds. The molecule has 0 aliphatic carbocycles. The molecular formula is C18H27ClN4OS. The summed E-state index contributed by atoms with van der Waals surface area (Å²) in [6.07, 6.45) is 2.24. The lowest BCUT2D eigenvalue weighted by molar-refractivity contribution is -0.119. The maximum absolute atomic E-state index is 12.2. The molecule has 1 aromatic carbocycles. The molecule has 3 N–H and O–H groups in total. The Kier molecular flexibility index (Phi) is 7.16. The van der Waals surface area contributed by atoms with Gasteiger partial charge in [-0.05, 0) is 50.4 Å². The number of hydrogen-bond donors (Lipinski definition) is 3. The van der Waals surface area contributed by atoms with E-state index in [0.717, 1.165) is 49.3 Å². The number of piperidine rings is 1. The molecule has 2 heterocycles. The van der Waals surface area contributed by atoms with E-state index in [-0.39, 0.29) is 29.0 Å². The lowest BCUT2D eigenvalue weighted by atomic mass is 9.81. The minimum Gasteiger partial charge on any atom is -0.355 e. The monoisotopic (exact) mass is 382 g/mol. The number of benzene rings is 1. The Morgan fingerprint density at radius 1 is 1.36 bits per heavy atom. The van der Waals surface area contributed by atoms with E-state index >= 15 is 0 Å². The number of rotatable bonds is 6. The van der Waals surface area contributed by atoms with Crippen molar-refractivity contribution in [2.75, 3.05) is 25.4 Å². The fraction of sp³-hybridized carbons (Fsp3) is 0.556. The van der Waals surface area contributed by atoms with E-state index in [0.29, 0.717) is 5.75 Å². The summed E-state index contributed by atoms with van der Waals surface area (Å²) in [4.78, 5) is 20.1. The van der Waals surface area contributed by atoms with Crippen molar-refractivity contribution in [3.8, 4) is 0 Å². The number of imidazole rings is 1. The molecule has 7 heteroatoms. The van der Waals surface area contributed by atoms with Crippen molar-refractivity contribution < 1.29 is 4.79 Å². The van der Waals surface area contributed by atoms with E-state index in [1.54, 1.807) is 11.8 Å². The summed E-state index contributed by atoms with van der Waals surface area (Å²) < 4.78 is 0. The maximum atomic E-state index is 12.2. The molecule has 1 atom stereocenters. The molecular weight excluding hydrogens is 356 g/mol. The summed E-state index contributed by atoms with van der Waals surface area (Å²) in [5.74, 6) is 1.51. The van der Waals surface area contributed by atoms with Crippen LogP contribution in [0.2, 0.25) is 0 Å². The van der Waals surface area contributed by atoms with Crippen LogP contribution in [0.4, 0.5) is 0 Å². The molecule has 0 bridgehead atoms. The van der Waals surface area contributed by atoms with E-state index in [4.69, 9.17) is 0 Å². The first-order valence-corrected chi connectivity index (χ1v) is 9.64. The number of aromatic amines is 1. The first kappa shape index (κ1) is 20.1. The zero-order valence-electron chi connectivity index (χ0n) is 14.8. The quantitative estimate of drug-likeness (QED) is 0.717. The predicted octanol–water partition coefficient (Wildman–Crippen LogP) is 3.28. The number of nitrogens with one attached hydrogen (secondary N) is 3. The van der Waals surface area contributed by atoms with Gasteiger partial charge >= 0.3 is 0 Å². The molecule has 1 fully saturated rings. The average Bonchev–Trinajstić information content (AvgIpc) is 3.03. The van der Waals surface area contributed by atoms with Crippen LogP contribution in [-0.2, 0) is 4.79 Å². The van der Waals surface area contributed by atoms with Crippen LogP contribution in [0.5, 0.6) is 0 Å². The standard InChI is InChI=1S/C18H26N4OS.ClH/c1-13(17-21-14-5-3-4-6-15(14)22-17)24-11-16(23)20-12-18(2)7-9-19-10-8-18;/h3-6,13,19H,7-12H2,1-2H3,(H,20,23)(H,21,22);1H. The van der Waals surface area contributed by atoms with Gasteiger partial charge in [-0.1, -0.05) is 19.1 Å². The van der Waals surface area contributed by atoms with E-state index in [9.17, 15) is 4.79 Å². The molecule has 0 spiro atoms. The van der Waals surface area contributed by atoms with Gasteiger partial charge in [0, 0.05) is 6.54 Å². The number of halogens is 1. The minimum absolute atomic E-state index is 0. The van der Waals surface area contributed by atoms with E-state index in [1.807, 2.05) is 24.3 Å². The first-order valence-electron chi connectivity index (χ1n) is 8.59. The highest BCUT2D eigenvalue weighted by molar-refractivity contribution is 8.00. The number of carbonyl (C=O) groups excluding carboxylic acids is 1. The SMILES string of the molecule is CC(SCC(=O)NCC1(C)CCNCC1)c1nc2ccccc2[nH]1.Cl. The van der Waals surface area contributed by atoms with Gasteiger partial charge in [-0.15, -0.1) is 24.2 Å². The summed E-state index contributed by atoms with van der Waals surface area (Å²) in [7, 11) is 0. The lowest BCUT2D eigenvalue weighted by Gasteiger charge is -2.34. The molecule has 138 valence electrons. The Hall–Kier alpha value is -1.24. The highest BCUT2D eigenvalue weighted by atomic mass is 35.5. The molecule has 1 unspecified atom stereocenters. The number of hydrogen-bond acceptors (Lipinski definition) is 4. The summed E-state index contributed by atoms with van der Waals surface area (Å²) in [6.45, 7) is 7.21. The second-order valence-electron chi connectivity index (χ2n) is 6.93. The Labute approximate surface area is 159 Å². The normalized spacial score (nSPS) is 17.7. The van der Waals surface area contributed by atoms with E-state index in [2.05, 4.69) is 34.4 Å². The summed E-state index contributed by atoms with van der Waals surface area (Å²) >= 11 is 1.62. The highest BCUT2D eigenvalue weighted by Crippen LogP contribution is 2.28. The van der Waals surface area contributed by atoms with Crippen LogP contribution in [0, 0.1) is 5.41 Å². The topological polar surface area (TPSA) is 69.8 Å². The molecule has 25 heavy (non-hydrogen) atoms. The molecule has 1 aromatic heterocycles. The fourth-order valence-corrected chi connectivity index (χ4v) is 3.79. The number of fused-ring (bicyclic) bond motifs is 1. The van der Waals surface area contributed by atoms with Crippen molar-refractivity contribution in [1.29, 1.82) is 0 Å². The van der Waals surface area contributed by atoms with Gasteiger partial charge in [-0.3, -0.25) is 4.79 Å². The third-order valence-corrected chi connectivity index (χ3v) is 5.93. The molecule has 2 aromatic rings. The van der Waals surface area contributed by atoms with Crippen LogP contribution in [0.25, 0.3) is 11.0 Å². The number of para-hydroxylation sites is 2. The molecule has 1 aliphatic heterocycles. The third-order valence-electron chi connectivity index (χ3n) is 4.78. The lowest BCUT2D eigenvalue weighted by Crippen LogP contribution is -2.43. The minimum atomic E-state index is 0. The fourth-order valence-electron chi connectivity index (χ4n) is 3.01. The van der Waals surface area contributed by atoms with Crippen LogP contribution in [0.15, 0.2) is 24.3 Å². The van der Waals surface area contributed by atoms with Crippen LogP contribution in [0.3, 0.4) is 0 Å². The molecule has 1 saturated heterocycles.